The highest BCUT2D eigenvalue weighted by Gasteiger charge is 2.29. The molecule has 0 spiro atoms. The van der Waals surface area contributed by atoms with Crippen LogP contribution in [0.4, 0.5) is 0 Å². The number of carbonyl (C=O) groups is 1. The molecule has 1 aliphatic rings. The molecule has 4 aromatic rings. The predicted octanol–water partition coefficient (Wildman–Crippen LogP) is 3.73. The number of hydrogen-bond donors (Lipinski definition) is 0. The Morgan fingerprint density at radius 1 is 1.18 bits per heavy atom. The first-order chi connectivity index (χ1) is 16.1. The maximum Gasteiger partial charge on any atom is 0.292 e. The van der Waals surface area contributed by atoms with Gasteiger partial charge in [-0.2, -0.15) is 5.10 Å². The van der Waals surface area contributed by atoms with Crippen LogP contribution in [0.1, 0.15) is 40.8 Å². The number of aromatic nitrogens is 4. The monoisotopic (exact) mass is 447 g/mol. The lowest BCUT2D eigenvalue weighted by atomic mass is 9.97. The van der Waals surface area contributed by atoms with Gasteiger partial charge < -0.3 is 18.9 Å². The van der Waals surface area contributed by atoms with Gasteiger partial charge in [0.25, 0.3) is 5.91 Å². The summed E-state index contributed by atoms with van der Waals surface area (Å²) >= 11 is 0. The Labute approximate surface area is 190 Å². The topological polar surface area (TPSA) is 95.0 Å². The first-order valence-corrected chi connectivity index (χ1v) is 10.9. The molecule has 1 atom stereocenters. The number of aryl methyl sites for hydroxylation is 1. The highest BCUT2D eigenvalue weighted by atomic mass is 16.5. The molecule has 1 amide bonds. The molecule has 1 aromatic carbocycles. The zero-order valence-corrected chi connectivity index (χ0v) is 18.8. The summed E-state index contributed by atoms with van der Waals surface area (Å²) < 4.78 is 18.0. The number of benzene rings is 1. The van der Waals surface area contributed by atoms with Gasteiger partial charge in [-0.05, 0) is 38.0 Å². The Hall–Kier alpha value is -3.88. The van der Waals surface area contributed by atoms with E-state index in [1.807, 2.05) is 36.5 Å². The summed E-state index contributed by atoms with van der Waals surface area (Å²) in [5, 5.41) is 8.58. The van der Waals surface area contributed by atoms with Gasteiger partial charge >= 0.3 is 0 Å². The van der Waals surface area contributed by atoms with E-state index in [1.165, 1.54) is 0 Å². The third kappa shape index (κ3) is 3.90. The van der Waals surface area contributed by atoms with Crippen LogP contribution in [0.15, 0.2) is 47.1 Å². The molecule has 9 heteroatoms. The van der Waals surface area contributed by atoms with Crippen LogP contribution >= 0.6 is 0 Å². The number of methoxy groups -OCH3 is 2. The molecule has 0 N–H and O–H groups in total. The Bertz CT molecular complexity index is 1310. The summed E-state index contributed by atoms with van der Waals surface area (Å²) in [6.45, 7) is 3.03. The first-order valence-electron chi connectivity index (χ1n) is 10.9. The van der Waals surface area contributed by atoms with E-state index in [2.05, 4.69) is 5.16 Å². The summed E-state index contributed by atoms with van der Waals surface area (Å²) in [5.74, 6) is 2.26. The van der Waals surface area contributed by atoms with Gasteiger partial charge in [-0.25, -0.2) is 9.50 Å². The van der Waals surface area contributed by atoms with Crippen molar-refractivity contribution in [2.75, 3.05) is 27.3 Å². The summed E-state index contributed by atoms with van der Waals surface area (Å²) in [7, 11) is 3.25. The van der Waals surface area contributed by atoms with Crippen LogP contribution in [0.25, 0.3) is 16.8 Å². The van der Waals surface area contributed by atoms with Crippen LogP contribution in [0.5, 0.6) is 11.5 Å². The molecule has 1 fully saturated rings. The number of fused-ring (bicyclic) bond motifs is 1. The molecule has 3 aromatic heterocycles. The van der Waals surface area contributed by atoms with Gasteiger partial charge in [0.05, 0.1) is 19.9 Å². The third-order valence-corrected chi connectivity index (χ3v) is 5.97. The molecule has 0 bridgehead atoms. The Morgan fingerprint density at radius 3 is 2.82 bits per heavy atom. The molecular formula is C24H25N5O4. The molecule has 4 heterocycles. The second-order valence-electron chi connectivity index (χ2n) is 8.15. The standard InChI is InChI=1S/C24H25N5O4/c1-15-12-20(33-27-15)24(30)28-11-5-6-17(13-28)23-25-21-10-9-16(14-29(21)26-23)18-7-4-8-19(31-2)22(18)32-3/h4,7-10,12,14,17H,5-6,11,13H2,1-3H3. The minimum Gasteiger partial charge on any atom is -0.493 e. The Morgan fingerprint density at radius 2 is 2.06 bits per heavy atom. The number of amides is 1. The molecular weight excluding hydrogens is 422 g/mol. The van der Waals surface area contributed by atoms with Crippen molar-refractivity contribution >= 4 is 11.6 Å². The van der Waals surface area contributed by atoms with Crippen molar-refractivity contribution in [1.82, 2.24) is 24.7 Å². The van der Waals surface area contributed by atoms with Crippen molar-refractivity contribution in [3.63, 3.8) is 0 Å². The number of ether oxygens (including phenoxy) is 2. The van der Waals surface area contributed by atoms with E-state index in [4.69, 9.17) is 24.1 Å². The second-order valence-corrected chi connectivity index (χ2v) is 8.15. The lowest BCUT2D eigenvalue weighted by Gasteiger charge is -2.30. The molecule has 5 rings (SSSR count). The van der Waals surface area contributed by atoms with Gasteiger partial charge in [-0.3, -0.25) is 4.79 Å². The van der Waals surface area contributed by atoms with Gasteiger partial charge in [0, 0.05) is 42.4 Å². The van der Waals surface area contributed by atoms with Crippen molar-refractivity contribution in [3.8, 4) is 22.6 Å². The first kappa shape index (κ1) is 21.0. The molecule has 1 aliphatic heterocycles. The molecule has 1 unspecified atom stereocenters. The largest absolute Gasteiger partial charge is 0.493 e. The number of likely N-dealkylation sites (tertiary alicyclic amines) is 1. The van der Waals surface area contributed by atoms with E-state index in [9.17, 15) is 4.79 Å². The molecule has 0 radical (unpaired) electrons. The van der Waals surface area contributed by atoms with Crippen LogP contribution in [0.3, 0.4) is 0 Å². The molecule has 1 saturated heterocycles. The maximum atomic E-state index is 12.8. The SMILES string of the molecule is COc1cccc(-c2ccc3nc(C4CCCN(C(=O)c5cc(C)no5)C4)nn3c2)c1OC. The van der Waals surface area contributed by atoms with E-state index < -0.39 is 0 Å². The van der Waals surface area contributed by atoms with Crippen LogP contribution in [0.2, 0.25) is 0 Å². The molecule has 0 saturated carbocycles. The second kappa shape index (κ2) is 8.57. The predicted molar refractivity (Wildman–Crippen MR) is 121 cm³/mol. The summed E-state index contributed by atoms with van der Waals surface area (Å²) in [5.41, 5.74) is 3.30. The molecule has 0 aliphatic carbocycles. The van der Waals surface area contributed by atoms with Gasteiger partial charge in [-0.1, -0.05) is 17.3 Å². The lowest BCUT2D eigenvalue weighted by molar-refractivity contribution is 0.0662. The van der Waals surface area contributed by atoms with Crippen LogP contribution < -0.4 is 9.47 Å². The van der Waals surface area contributed by atoms with E-state index >= 15 is 0 Å². The highest BCUT2D eigenvalue weighted by molar-refractivity contribution is 5.91. The number of para-hydroxylation sites is 1. The van der Waals surface area contributed by atoms with Crippen molar-refractivity contribution in [2.24, 2.45) is 0 Å². The lowest BCUT2D eigenvalue weighted by Crippen LogP contribution is -2.39. The summed E-state index contributed by atoms with van der Waals surface area (Å²) in [6, 6.07) is 11.4. The summed E-state index contributed by atoms with van der Waals surface area (Å²) in [4.78, 5) is 19.3. The van der Waals surface area contributed by atoms with Crippen LogP contribution in [-0.2, 0) is 0 Å². The van der Waals surface area contributed by atoms with E-state index in [1.54, 1.807) is 36.6 Å². The fourth-order valence-corrected chi connectivity index (χ4v) is 4.34. The average molecular weight is 447 g/mol. The Balaban J connectivity index is 1.42. The number of nitrogens with zero attached hydrogens (tertiary/aromatic N) is 5. The number of pyridine rings is 1. The molecule has 33 heavy (non-hydrogen) atoms. The number of hydrogen-bond acceptors (Lipinski definition) is 7. The average Bonchev–Trinajstić information content (AvgIpc) is 3.48. The van der Waals surface area contributed by atoms with E-state index in [0.717, 1.165) is 35.4 Å². The minimum absolute atomic E-state index is 0.0569. The molecule has 170 valence electrons. The van der Waals surface area contributed by atoms with E-state index in [0.29, 0.717) is 30.3 Å². The van der Waals surface area contributed by atoms with Crippen molar-refractivity contribution < 1.29 is 18.8 Å². The fourth-order valence-electron chi connectivity index (χ4n) is 4.34. The Kier molecular flexibility index (Phi) is 5.45. The number of carbonyl (C=O) groups excluding carboxylic acids is 1. The fraction of sp³-hybridized carbons (Fsp3) is 0.333. The minimum atomic E-state index is -0.142. The zero-order chi connectivity index (χ0) is 22.9. The number of piperidine rings is 1. The van der Waals surface area contributed by atoms with Crippen LogP contribution in [0, 0.1) is 6.92 Å². The normalized spacial score (nSPS) is 16.2. The van der Waals surface area contributed by atoms with Gasteiger partial charge in [0.1, 0.15) is 0 Å². The molecule has 9 nitrogen and oxygen atoms in total. The summed E-state index contributed by atoms with van der Waals surface area (Å²) in [6.07, 6.45) is 3.74. The van der Waals surface area contributed by atoms with Crippen molar-refractivity contribution in [3.05, 3.63) is 59.9 Å². The van der Waals surface area contributed by atoms with Gasteiger partial charge in [0.15, 0.2) is 23.0 Å². The third-order valence-electron chi connectivity index (χ3n) is 5.97. The van der Waals surface area contributed by atoms with E-state index in [-0.39, 0.29) is 17.6 Å². The smallest absolute Gasteiger partial charge is 0.292 e. The number of rotatable bonds is 5. The van der Waals surface area contributed by atoms with Crippen molar-refractivity contribution in [2.45, 2.75) is 25.7 Å². The zero-order valence-electron chi connectivity index (χ0n) is 18.8. The van der Waals surface area contributed by atoms with Crippen LogP contribution in [-0.4, -0.2) is 57.9 Å². The van der Waals surface area contributed by atoms with Gasteiger partial charge in [0.2, 0.25) is 5.76 Å². The quantitative estimate of drug-likeness (QED) is 0.460. The maximum absolute atomic E-state index is 12.8. The van der Waals surface area contributed by atoms with Gasteiger partial charge in [-0.15, -0.1) is 0 Å². The van der Waals surface area contributed by atoms with Crippen molar-refractivity contribution in [1.29, 1.82) is 0 Å². The highest BCUT2D eigenvalue weighted by Crippen LogP contribution is 2.37.